The lowest BCUT2D eigenvalue weighted by molar-refractivity contribution is -0.0367. The topological polar surface area (TPSA) is 66.0 Å². The first-order valence-corrected chi connectivity index (χ1v) is 10.4. The van der Waals surface area contributed by atoms with Crippen molar-refractivity contribution in [2.24, 2.45) is 5.73 Å². The molecule has 0 saturated carbocycles. The molecule has 0 amide bonds. The van der Waals surface area contributed by atoms with Gasteiger partial charge in [-0.25, -0.2) is 4.68 Å². The molecule has 4 rings (SSSR count). The summed E-state index contributed by atoms with van der Waals surface area (Å²) in [4.78, 5) is 5.57. The molecular formula is C21H24N4OS. The lowest BCUT2D eigenvalue weighted by Crippen LogP contribution is -2.19. The van der Waals surface area contributed by atoms with Crippen molar-refractivity contribution in [3.8, 4) is 0 Å². The summed E-state index contributed by atoms with van der Waals surface area (Å²) in [5.41, 5.74) is 8.64. The molecule has 0 aliphatic carbocycles. The van der Waals surface area contributed by atoms with Crippen molar-refractivity contribution in [1.29, 1.82) is 0 Å². The van der Waals surface area contributed by atoms with Crippen LogP contribution in [-0.2, 0) is 4.74 Å². The van der Waals surface area contributed by atoms with Crippen molar-refractivity contribution in [2.75, 3.05) is 18.9 Å². The van der Waals surface area contributed by atoms with Crippen molar-refractivity contribution in [3.63, 3.8) is 0 Å². The summed E-state index contributed by atoms with van der Waals surface area (Å²) in [7, 11) is 0. The van der Waals surface area contributed by atoms with E-state index in [1.54, 1.807) is 18.0 Å². The van der Waals surface area contributed by atoms with Crippen molar-refractivity contribution in [3.05, 3.63) is 54.0 Å². The van der Waals surface area contributed by atoms with Crippen LogP contribution in [0, 0.1) is 0 Å². The summed E-state index contributed by atoms with van der Waals surface area (Å²) >= 11 is 1.78. The van der Waals surface area contributed by atoms with Crippen LogP contribution in [0.1, 0.15) is 36.9 Å². The number of hydrogen-bond donors (Lipinski definition) is 1. The second kappa shape index (κ2) is 8.69. The Bertz CT molecular complexity index is 917. The Balaban J connectivity index is 1.73. The van der Waals surface area contributed by atoms with Crippen LogP contribution in [0.5, 0.6) is 0 Å². The van der Waals surface area contributed by atoms with E-state index in [0.717, 1.165) is 47.5 Å². The van der Waals surface area contributed by atoms with Gasteiger partial charge in [0.1, 0.15) is 0 Å². The molecule has 1 aliphatic heterocycles. The fourth-order valence-corrected chi connectivity index (χ4v) is 4.02. The number of nitrogens with zero attached hydrogens (tertiary/aromatic N) is 3. The molecule has 5 nitrogen and oxygen atoms in total. The Morgan fingerprint density at radius 3 is 2.96 bits per heavy atom. The first-order valence-electron chi connectivity index (χ1n) is 9.41. The summed E-state index contributed by atoms with van der Waals surface area (Å²) < 4.78 is 8.06. The normalized spacial score (nSPS) is 17.7. The molecule has 1 fully saturated rings. The lowest BCUT2D eigenvalue weighted by atomic mass is 10.1. The number of hydrogen-bond acceptors (Lipinski definition) is 5. The third-order valence-electron chi connectivity index (χ3n) is 4.62. The van der Waals surface area contributed by atoms with Crippen molar-refractivity contribution in [2.45, 2.75) is 30.4 Å². The van der Waals surface area contributed by atoms with Crippen molar-refractivity contribution >= 4 is 34.8 Å². The van der Waals surface area contributed by atoms with Crippen LogP contribution < -0.4 is 5.73 Å². The van der Waals surface area contributed by atoms with Crippen LogP contribution in [-0.4, -0.2) is 33.7 Å². The van der Waals surface area contributed by atoms with Gasteiger partial charge in [-0.3, -0.25) is 4.98 Å². The highest BCUT2D eigenvalue weighted by Crippen LogP contribution is 2.31. The number of fused-ring (bicyclic) bond motifs is 1. The Hall–Kier alpha value is -2.15. The van der Waals surface area contributed by atoms with E-state index in [0.29, 0.717) is 6.54 Å². The summed E-state index contributed by atoms with van der Waals surface area (Å²) in [6.07, 6.45) is 9.15. The van der Waals surface area contributed by atoms with Gasteiger partial charge in [0, 0.05) is 35.4 Å². The summed E-state index contributed by atoms with van der Waals surface area (Å²) in [5, 5.41) is 6.03. The summed E-state index contributed by atoms with van der Waals surface area (Å²) in [5.74, 6) is 0.909. The number of benzene rings is 1. The number of ether oxygens (including phenoxy) is 1. The van der Waals surface area contributed by atoms with Crippen LogP contribution in [0.2, 0.25) is 0 Å². The maximum absolute atomic E-state index is 6.01. The predicted octanol–water partition coefficient (Wildman–Crippen LogP) is 4.35. The molecule has 140 valence electrons. The van der Waals surface area contributed by atoms with Gasteiger partial charge in [-0.2, -0.15) is 5.10 Å². The largest absolute Gasteiger partial charge is 0.356 e. The van der Waals surface area contributed by atoms with Gasteiger partial charge in [0.15, 0.2) is 6.23 Å². The van der Waals surface area contributed by atoms with Gasteiger partial charge in [0.25, 0.3) is 0 Å². The Morgan fingerprint density at radius 2 is 2.19 bits per heavy atom. The minimum atomic E-state index is 0.00742. The van der Waals surface area contributed by atoms with E-state index in [9.17, 15) is 0 Å². The molecule has 1 saturated heterocycles. The summed E-state index contributed by atoms with van der Waals surface area (Å²) in [6, 6.07) is 12.4. The molecule has 1 aliphatic rings. The van der Waals surface area contributed by atoms with Gasteiger partial charge in [0.05, 0.1) is 16.9 Å². The second-order valence-electron chi connectivity index (χ2n) is 6.56. The molecular weight excluding hydrogens is 356 g/mol. The average Bonchev–Trinajstić information content (AvgIpc) is 3.10. The van der Waals surface area contributed by atoms with E-state index in [2.05, 4.69) is 27.9 Å². The molecule has 3 aromatic rings. The third-order valence-corrected chi connectivity index (χ3v) is 5.65. The smallest absolute Gasteiger partial charge is 0.150 e. The number of thioether (sulfide) groups is 1. The fraction of sp³-hybridized carbons (Fsp3) is 0.333. The highest BCUT2D eigenvalue weighted by Gasteiger charge is 2.20. The predicted molar refractivity (Wildman–Crippen MR) is 112 cm³/mol. The Morgan fingerprint density at radius 1 is 1.22 bits per heavy atom. The number of nitrogens with two attached hydrogens (primary N) is 1. The maximum Gasteiger partial charge on any atom is 0.150 e. The quantitative estimate of drug-likeness (QED) is 0.644. The highest BCUT2D eigenvalue weighted by atomic mass is 32.2. The third kappa shape index (κ3) is 4.24. The van der Waals surface area contributed by atoms with Crippen LogP contribution in [0.4, 0.5) is 0 Å². The minimum absolute atomic E-state index is 0.00742. The zero-order chi connectivity index (χ0) is 18.5. The van der Waals surface area contributed by atoms with Crippen molar-refractivity contribution in [1.82, 2.24) is 14.8 Å². The molecule has 2 aromatic heterocycles. The Kier molecular flexibility index (Phi) is 5.87. The zero-order valence-electron chi connectivity index (χ0n) is 15.3. The molecule has 27 heavy (non-hydrogen) atoms. The van der Waals surface area contributed by atoms with E-state index >= 15 is 0 Å². The molecule has 1 unspecified atom stereocenters. The van der Waals surface area contributed by atoms with E-state index in [-0.39, 0.29) is 6.23 Å². The van der Waals surface area contributed by atoms with Gasteiger partial charge in [-0.15, -0.1) is 11.8 Å². The molecule has 6 heteroatoms. The molecule has 3 heterocycles. The number of rotatable bonds is 6. The maximum atomic E-state index is 6.01. The lowest BCUT2D eigenvalue weighted by Gasteiger charge is -2.23. The van der Waals surface area contributed by atoms with Gasteiger partial charge in [-0.05, 0) is 61.7 Å². The zero-order valence-corrected chi connectivity index (χ0v) is 16.1. The minimum Gasteiger partial charge on any atom is -0.356 e. The fourth-order valence-electron chi connectivity index (χ4n) is 3.31. The van der Waals surface area contributed by atoms with Crippen LogP contribution in [0.15, 0.2) is 47.5 Å². The van der Waals surface area contributed by atoms with E-state index < -0.39 is 0 Å². The summed E-state index contributed by atoms with van der Waals surface area (Å²) in [6.45, 7) is 1.47. The monoisotopic (exact) mass is 380 g/mol. The Labute approximate surface area is 163 Å². The highest BCUT2D eigenvalue weighted by molar-refractivity contribution is 7.99. The van der Waals surface area contributed by atoms with Crippen LogP contribution in [0.25, 0.3) is 23.1 Å². The average molecular weight is 381 g/mol. The van der Waals surface area contributed by atoms with Crippen LogP contribution in [0.3, 0.4) is 0 Å². The molecule has 0 bridgehead atoms. The number of aromatic nitrogens is 3. The number of pyridine rings is 1. The SMILES string of the molecule is NCCSc1ccc2c(C=Cc3ccccn3)nn(C3CCCCO3)c2c1. The molecule has 0 radical (unpaired) electrons. The van der Waals surface area contributed by atoms with Gasteiger partial charge in [-0.1, -0.05) is 6.07 Å². The molecule has 1 aromatic carbocycles. The van der Waals surface area contributed by atoms with E-state index in [1.165, 1.54) is 11.3 Å². The first kappa shape index (κ1) is 18.2. The van der Waals surface area contributed by atoms with Crippen LogP contribution >= 0.6 is 11.8 Å². The van der Waals surface area contributed by atoms with E-state index in [4.69, 9.17) is 15.6 Å². The van der Waals surface area contributed by atoms with Gasteiger partial charge < -0.3 is 10.5 Å². The molecule has 1 atom stereocenters. The van der Waals surface area contributed by atoms with Gasteiger partial charge >= 0.3 is 0 Å². The van der Waals surface area contributed by atoms with E-state index in [1.807, 2.05) is 30.4 Å². The van der Waals surface area contributed by atoms with Crippen molar-refractivity contribution < 1.29 is 4.74 Å². The standard InChI is InChI=1S/C21H24N4OS/c22-11-14-27-17-8-9-18-19(10-7-16-5-1-3-12-23-16)24-25(20(18)15-17)21-6-2-4-13-26-21/h1,3,5,7-10,12,15,21H,2,4,6,11,13-14,22H2. The van der Waals surface area contributed by atoms with Gasteiger partial charge in [0.2, 0.25) is 0 Å². The first-order chi connectivity index (χ1) is 13.3. The molecule has 2 N–H and O–H groups in total. The second-order valence-corrected chi connectivity index (χ2v) is 7.72. The molecule has 0 spiro atoms.